The van der Waals surface area contributed by atoms with Crippen molar-refractivity contribution in [3.8, 4) is 11.5 Å². The van der Waals surface area contributed by atoms with Crippen molar-refractivity contribution in [3.63, 3.8) is 0 Å². The molecule has 1 N–H and O–H groups in total. The normalized spacial score (nSPS) is 15.4. The predicted octanol–water partition coefficient (Wildman–Crippen LogP) is 5.12. The van der Waals surface area contributed by atoms with E-state index in [9.17, 15) is 5.11 Å². The first kappa shape index (κ1) is 16.6. The van der Waals surface area contributed by atoms with Crippen LogP contribution in [0.5, 0.6) is 11.5 Å². The van der Waals surface area contributed by atoms with Crippen LogP contribution < -0.4 is 4.74 Å². The SMILES string of the molecule is CCCCCc1cc(O)c2c(c1)OC(C)(C)C=C2c1ccncc1. The van der Waals surface area contributed by atoms with Gasteiger partial charge in [-0.25, -0.2) is 0 Å². The molecule has 1 aromatic carbocycles. The molecule has 3 rings (SSSR count). The standard InChI is InChI=1S/C21H25NO2/c1-4-5-6-7-15-12-18(23)20-17(16-8-10-22-11-9-16)14-21(2,3)24-19(20)13-15/h8-14,23H,4-7H2,1-3H3. The van der Waals surface area contributed by atoms with Gasteiger partial charge in [0.2, 0.25) is 0 Å². The lowest BCUT2D eigenvalue weighted by molar-refractivity contribution is 0.157. The Morgan fingerprint density at radius 1 is 1.12 bits per heavy atom. The molecule has 0 fully saturated rings. The number of benzene rings is 1. The lowest BCUT2D eigenvalue weighted by atomic mass is 9.88. The number of nitrogens with zero attached hydrogens (tertiary/aromatic N) is 1. The van der Waals surface area contributed by atoms with Crippen molar-refractivity contribution in [1.82, 2.24) is 4.98 Å². The van der Waals surface area contributed by atoms with Gasteiger partial charge in [0.15, 0.2) is 0 Å². The van der Waals surface area contributed by atoms with Gasteiger partial charge in [0.1, 0.15) is 17.1 Å². The average Bonchev–Trinajstić information content (AvgIpc) is 2.54. The zero-order valence-electron chi connectivity index (χ0n) is 14.7. The molecule has 1 aliphatic rings. The van der Waals surface area contributed by atoms with Crippen LogP contribution in [0.3, 0.4) is 0 Å². The quantitative estimate of drug-likeness (QED) is 0.776. The van der Waals surface area contributed by atoms with Crippen LogP contribution >= 0.6 is 0 Å². The molecule has 3 heteroatoms. The van der Waals surface area contributed by atoms with Gasteiger partial charge >= 0.3 is 0 Å². The van der Waals surface area contributed by atoms with Crippen LogP contribution in [-0.4, -0.2) is 15.7 Å². The fraction of sp³-hybridized carbons (Fsp3) is 0.381. The number of hydrogen-bond donors (Lipinski definition) is 1. The van der Waals surface area contributed by atoms with Crippen LogP contribution in [0.4, 0.5) is 0 Å². The first-order valence-electron chi connectivity index (χ1n) is 8.68. The van der Waals surface area contributed by atoms with E-state index in [1.807, 2.05) is 32.0 Å². The Bertz CT molecular complexity index is 748. The predicted molar refractivity (Wildman–Crippen MR) is 97.4 cm³/mol. The van der Waals surface area contributed by atoms with Gasteiger partial charge in [-0.15, -0.1) is 0 Å². The first-order chi connectivity index (χ1) is 11.5. The molecular weight excluding hydrogens is 298 g/mol. The molecule has 0 atom stereocenters. The van der Waals surface area contributed by atoms with Gasteiger partial charge in [-0.3, -0.25) is 4.98 Å². The number of fused-ring (bicyclic) bond motifs is 1. The summed E-state index contributed by atoms with van der Waals surface area (Å²) in [4.78, 5) is 4.09. The highest BCUT2D eigenvalue weighted by atomic mass is 16.5. The van der Waals surface area contributed by atoms with Crippen molar-refractivity contribution < 1.29 is 9.84 Å². The van der Waals surface area contributed by atoms with Crippen LogP contribution in [0, 0.1) is 0 Å². The van der Waals surface area contributed by atoms with Crippen LogP contribution in [-0.2, 0) is 6.42 Å². The van der Waals surface area contributed by atoms with Gasteiger partial charge in [0, 0.05) is 12.4 Å². The van der Waals surface area contributed by atoms with Crippen LogP contribution in [0.2, 0.25) is 0 Å². The van der Waals surface area contributed by atoms with E-state index in [0.29, 0.717) is 0 Å². The summed E-state index contributed by atoms with van der Waals surface area (Å²) in [5.41, 5.74) is 3.53. The molecule has 0 bridgehead atoms. The minimum Gasteiger partial charge on any atom is -0.507 e. The summed E-state index contributed by atoms with van der Waals surface area (Å²) in [6.07, 6.45) is 10.1. The monoisotopic (exact) mass is 323 g/mol. The van der Waals surface area contributed by atoms with Gasteiger partial charge in [0.05, 0.1) is 5.56 Å². The van der Waals surface area contributed by atoms with Crippen molar-refractivity contribution in [2.24, 2.45) is 0 Å². The molecule has 0 unspecified atom stereocenters. The van der Waals surface area contributed by atoms with E-state index in [1.54, 1.807) is 12.4 Å². The Hall–Kier alpha value is -2.29. The Labute approximate surface area is 144 Å². The molecule has 126 valence electrons. The van der Waals surface area contributed by atoms with E-state index in [1.165, 1.54) is 12.8 Å². The maximum absolute atomic E-state index is 10.7. The number of rotatable bonds is 5. The van der Waals surface area contributed by atoms with E-state index < -0.39 is 5.60 Å². The second-order valence-corrected chi connectivity index (χ2v) is 6.94. The molecule has 1 aliphatic heterocycles. The van der Waals surface area contributed by atoms with Crippen molar-refractivity contribution in [2.45, 2.75) is 52.1 Å². The Morgan fingerprint density at radius 3 is 2.58 bits per heavy atom. The van der Waals surface area contributed by atoms with E-state index in [0.717, 1.165) is 40.9 Å². The summed E-state index contributed by atoms with van der Waals surface area (Å²) in [5.74, 6) is 1.05. The van der Waals surface area contributed by atoms with Crippen LogP contribution in [0.1, 0.15) is 56.7 Å². The maximum Gasteiger partial charge on any atom is 0.132 e. The number of pyridine rings is 1. The summed E-state index contributed by atoms with van der Waals surface area (Å²) < 4.78 is 6.15. The number of ether oxygens (including phenoxy) is 1. The fourth-order valence-electron chi connectivity index (χ4n) is 3.22. The number of unbranched alkanes of at least 4 members (excludes halogenated alkanes) is 2. The number of aromatic nitrogens is 1. The molecule has 1 aromatic heterocycles. The topological polar surface area (TPSA) is 42.4 Å². The maximum atomic E-state index is 10.7. The van der Waals surface area contributed by atoms with Crippen molar-refractivity contribution in [1.29, 1.82) is 0 Å². The number of phenolic OH excluding ortho intramolecular Hbond substituents is 1. The van der Waals surface area contributed by atoms with Crippen molar-refractivity contribution >= 4 is 5.57 Å². The molecule has 0 amide bonds. The molecule has 0 aliphatic carbocycles. The number of phenols is 1. The lowest BCUT2D eigenvalue weighted by Gasteiger charge is -2.32. The van der Waals surface area contributed by atoms with Gasteiger partial charge in [-0.2, -0.15) is 0 Å². The van der Waals surface area contributed by atoms with E-state index in [4.69, 9.17) is 4.74 Å². The minimum absolute atomic E-state index is 0.289. The summed E-state index contributed by atoms with van der Waals surface area (Å²) in [6.45, 7) is 6.28. The van der Waals surface area contributed by atoms with E-state index >= 15 is 0 Å². The van der Waals surface area contributed by atoms with Gasteiger partial charge < -0.3 is 9.84 Å². The zero-order valence-corrected chi connectivity index (χ0v) is 14.7. The summed E-state index contributed by atoms with van der Waals surface area (Å²) in [5, 5.41) is 10.7. The number of hydrogen-bond acceptors (Lipinski definition) is 3. The number of aromatic hydroxyl groups is 1. The third kappa shape index (κ3) is 3.45. The highest BCUT2D eigenvalue weighted by Crippen LogP contribution is 2.44. The number of aryl methyl sites for hydroxylation is 1. The van der Waals surface area contributed by atoms with Crippen molar-refractivity contribution in [3.05, 3.63) is 59.4 Å². The summed E-state index contributed by atoms with van der Waals surface area (Å²) in [7, 11) is 0. The molecule has 0 spiro atoms. The highest BCUT2D eigenvalue weighted by Gasteiger charge is 2.29. The second kappa shape index (κ2) is 6.68. The van der Waals surface area contributed by atoms with Gasteiger partial charge in [-0.1, -0.05) is 19.8 Å². The molecule has 3 nitrogen and oxygen atoms in total. The molecule has 2 heterocycles. The Balaban J connectivity index is 2.04. The van der Waals surface area contributed by atoms with Crippen LogP contribution in [0.15, 0.2) is 42.7 Å². The van der Waals surface area contributed by atoms with Crippen molar-refractivity contribution in [2.75, 3.05) is 0 Å². The lowest BCUT2D eigenvalue weighted by Crippen LogP contribution is -2.29. The summed E-state index contributed by atoms with van der Waals surface area (Å²) >= 11 is 0. The molecule has 0 saturated heterocycles. The zero-order chi connectivity index (χ0) is 17.2. The smallest absolute Gasteiger partial charge is 0.132 e. The molecule has 2 aromatic rings. The third-order valence-electron chi connectivity index (χ3n) is 4.34. The first-order valence-corrected chi connectivity index (χ1v) is 8.68. The van der Waals surface area contributed by atoms with E-state index in [2.05, 4.69) is 24.1 Å². The third-order valence-corrected chi connectivity index (χ3v) is 4.34. The molecule has 0 radical (unpaired) electrons. The average molecular weight is 323 g/mol. The minimum atomic E-state index is -0.417. The fourth-order valence-corrected chi connectivity index (χ4v) is 3.22. The van der Waals surface area contributed by atoms with Gasteiger partial charge in [-0.05, 0) is 73.7 Å². The second-order valence-electron chi connectivity index (χ2n) is 6.94. The molecule has 0 saturated carbocycles. The summed E-state index contributed by atoms with van der Waals surface area (Å²) in [6, 6.07) is 7.89. The highest BCUT2D eigenvalue weighted by molar-refractivity contribution is 5.87. The van der Waals surface area contributed by atoms with Crippen LogP contribution in [0.25, 0.3) is 5.57 Å². The Kier molecular flexibility index (Phi) is 4.61. The molecular formula is C21H25NO2. The Morgan fingerprint density at radius 2 is 1.88 bits per heavy atom. The molecule has 24 heavy (non-hydrogen) atoms. The van der Waals surface area contributed by atoms with E-state index in [-0.39, 0.29) is 5.75 Å². The van der Waals surface area contributed by atoms with Gasteiger partial charge in [0.25, 0.3) is 0 Å². The largest absolute Gasteiger partial charge is 0.507 e.